The average molecular weight is 298 g/mol. The lowest BCUT2D eigenvalue weighted by atomic mass is 10.3. The Morgan fingerprint density at radius 2 is 2.24 bits per heavy atom. The van der Waals surface area contributed by atoms with E-state index in [1.165, 1.54) is 0 Å². The predicted octanol–water partition coefficient (Wildman–Crippen LogP) is 2.74. The highest BCUT2D eigenvalue weighted by atomic mass is 79.9. The molecule has 1 atom stereocenters. The van der Waals surface area contributed by atoms with Gasteiger partial charge in [0.25, 0.3) is 0 Å². The van der Waals surface area contributed by atoms with E-state index in [4.69, 9.17) is 4.74 Å². The van der Waals surface area contributed by atoms with Crippen molar-refractivity contribution in [2.24, 2.45) is 5.92 Å². The first-order valence-electron chi connectivity index (χ1n) is 5.85. The van der Waals surface area contributed by atoms with E-state index in [1.807, 2.05) is 31.2 Å². The first kappa shape index (κ1) is 12.4. The Balaban J connectivity index is 1.78. The number of halogens is 1. The third kappa shape index (κ3) is 3.73. The summed E-state index contributed by atoms with van der Waals surface area (Å²) in [4.78, 5) is 11.5. The van der Waals surface area contributed by atoms with E-state index in [1.54, 1.807) is 0 Å². The van der Waals surface area contributed by atoms with E-state index in [2.05, 4.69) is 21.2 Å². The number of hydrogen-bond acceptors (Lipinski definition) is 2. The number of hydrogen-bond donors (Lipinski definition) is 1. The molecule has 0 unspecified atom stereocenters. The molecule has 17 heavy (non-hydrogen) atoms. The summed E-state index contributed by atoms with van der Waals surface area (Å²) in [5.74, 6) is 1.22. The van der Waals surface area contributed by atoms with Gasteiger partial charge in [0.15, 0.2) is 0 Å². The molecule has 92 valence electrons. The highest BCUT2D eigenvalue weighted by Gasteiger charge is 2.29. The van der Waals surface area contributed by atoms with Crippen molar-refractivity contribution in [1.82, 2.24) is 5.32 Å². The van der Waals surface area contributed by atoms with Crippen molar-refractivity contribution >= 4 is 21.8 Å². The second-order valence-electron chi connectivity index (χ2n) is 4.38. The Bertz CT molecular complexity index is 404. The maximum absolute atomic E-state index is 11.5. The maximum atomic E-state index is 11.5. The number of amides is 1. The van der Waals surface area contributed by atoms with Crippen LogP contribution in [-0.2, 0) is 4.79 Å². The van der Waals surface area contributed by atoms with E-state index >= 15 is 0 Å². The van der Waals surface area contributed by atoms with Crippen molar-refractivity contribution in [2.45, 2.75) is 25.9 Å². The van der Waals surface area contributed by atoms with Crippen LogP contribution in [0.3, 0.4) is 0 Å². The molecule has 3 nitrogen and oxygen atoms in total. The fraction of sp³-hybridized carbons (Fsp3) is 0.462. The van der Waals surface area contributed by atoms with Crippen molar-refractivity contribution < 1.29 is 9.53 Å². The first-order valence-corrected chi connectivity index (χ1v) is 6.65. The fourth-order valence-electron chi connectivity index (χ4n) is 1.53. The van der Waals surface area contributed by atoms with E-state index in [-0.39, 0.29) is 17.9 Å². The van der Waals surface area contributed by atoms with Gasteiger partial charge in [0.05, 0.1) is 11.0 Å². The monoisotopic (exact) mass is 297 g/mol. The van der Waals surface area contributed by atoms with Gasteiger partial charge >= 0.3 is 0 Å². The van der Waals surface area contributed by atoms with Crippen LogP contribution in [0.25, 0.3) is 0 Å². The van der Waals surface area contributed by atoms with Gasteiger partial charge in [-0.3, -0.25) is 4.79 Å². The predicted molar refractivity (Wildman–Crippen MR) is 70.0 cm³/mol. The van der Waals surface area contributed by atoms with Crippen LogP contribution in [0.5, 0.6) is 5.75 Å². The average Bonchev–Trinajstić information content (AvgIpc) is 3.13. The zero-order chi connectivity index (χ0) is 12.3. The summed E-state index contributed by atoms with van der Waals surface area (Å²) in [6.07, 6.45) is 2.03. The number of nitrogens with one attached hydrogen (secondary N) is 1. The number of ether oxygens (including phenoxy) is 1. The van der Waals surface area contributed by atoms with Crippen molar-refractivity contribution in [1.29, 1.82) is 0 Å². The Hall–Kier alpha value is -1.03. The first-order chi connectivity index (χ1) is 8.16. The normalized spacial score (nSPS) is 16.4. The lowest BCUT2D eigenvalue weighted by Gasteiger charge is -2.16. The van der Waals surface area contributed by atoms with E-state index < -0.39 is 0 Å². The molecule has 0 radical (unpaired) electrons. The molecule has 1 N–H and O–H groups in total. The lowest BCUT2D eigenvalue weighted by Crippen LogP contribution is -2.34. The van der Waals surface area contributed by atoms with Gasteiger partial charge in [-0.1, -0.05) is 12.1 Å². The summed E-state index contributed by atoms with van der Waals surface area (Å²) in [5, 5.41) is 2.90. The molecule has 0 spiro atoms. The van der Waals surface area contributed by atoms with E-state index in [0.717, 1.165) is 23.1 Å². The fourth-order valence-corrected chi connectivity index (χ4v) is 1.91. The van der Waals surface area contributed by atoms with Crippen LogP contribution in [0.4, 0.5) is 0 Å². The number of carbonyl (C=O) groups excluding carboxylic acids is 1. The van der Waals surface area contributed by atoms with Crippen LogP contribution >= 0.6 is 15.9 Å². The lowest BCUT2D eigenvalue weighted by molar-refractivity contribution is -0.122. The minimum Gasteiger partial charge on any atom is -0.488 e. The Morgan fingerprint density at radius 3 is 2.88 bits per heavy atom. The molecule has 2 rings (SSSR count). The smallest absolute Gasteiger partial charge is 0.223 e. The van der Waals surface area contributed by atoms with Crippen LogP contribution in [0.1, 0.15) is 19.8 Å². The third-order valence-electron chi connectivity index (χ3n) is 2.68. The van der Waals surface area contributed by atoms with Gasteiger partial charge in [-0.15, -0.1) is 0 Å². The third-order valence-corrected chi connectivity index (χ3v) is 3.33. The molecule has 0 heterocycles. The molecule has 1 aromatic rings. The van der Waals surface area contributed by atoms with Crippen molar-refractivity contribution in [3.8, 4) is 5.75 Å². The molecule has 1 aliphatic carbocycles. The summed E-state index contributed by atoms with van der Waals surface area (Å²) >= 11 is 3.43. The zero-order valence-electron chi connectivity index (χ0n) is 9.78. The second kappa shape index (κ2) is 5.54. The summed E-state index contributed by atoms with van der Waals surface area (Å²) in [5.41, 5.74) is 0. The maximum Gasteiger partial charge on any atom is 0.223 e. The molecule has 0 aromatic heterocycles. The molecule has 1 amide bonds. The van der Waals surface area contributed by atoms with Crippen molar-refractivity contribution in [2.75, 3.05) is 6.54 Å². The van der Waals surface area contributed by atoms with Gasteiger partial charge in [-0.25, -0.2) is 0 Å². The molecule has 0 saturated heterocycles. The van der Waals surface area contributed by atoms with Gasteiger partial charge in [-0.2, -0.15) is 0 Å². The molecular weight excluding hydrogens is 282 g/mol. The van der Waals surface area contributed by atoms with Crippen LogP contribution < -0.4 is 10.1 Å². The summed E-state index contributed by atoms with van der Waals surface area (Å²) in [7, 11) is 0. The Kier molecular flexibility index (Phi) is 4.05. The van der Waals surface area contributed by atoms with Crippen molar-refractivity contribution in [3.63, 3.8) is 0 Å². The molecule has 1 aromatic carbocycles. The molecular formula is C13H16BrNO2. The van der Waals surface area contributed by atoms with Crippen LogP contribution in [0, 0.1) is 5.92 Å². The summed E-state index contributed by atoms with van der Waals surface area (Å²) < 4.78 is 6.66. The topological polar surface area (TPSA) is 38.3 Å². The zero-order valence-corrected chi connectivity index (χ0v) is 11.4. The Labute approximate surface area is 110 Å². The van der Waals surface area contributed by atoms with Gasteiger partial charge in [0.1, 0.15) is 11.9 Å². The minimum atomic E-state index is -0.0311. The molecule has 1 saturated carbocycles. The van der Waals surface area contributed by atoms with Crippen LogP contribution in [0.15, 0.2) is 28.7 Å². The van der Waals surface area contributed by atoms with Crippen LogP contribution in [0.2, 0.25) is 0 Å². The number of benzene rings is 1. The second-order valence-corrected chi connectivity index (χ2v) is 5.23. The SMILES string of the molecule is C[C@H](CNC(=O)C1CC1)Oc1ccccc1Br. The molecule has 0 bridgehead atoms. The van der Waals surface area contributed by atoms with E-state index in [0.29, 0.717) is 6.54 Å². The molecule has 4 heteroatoms. The molecule has 1 aliphatic rings. The van der Waals surface area contributed by atoms with Gasteiger partial charge in [0, 0.05) is 5.92 Å². The standard InChI is InChI=1S/C13H16BrNO2/c1-9(8-15-13(16)10-6-7-10)17-12-5-3-2-4-11(12)14/h2-5,9-10H,6-8H2,1H3,(H,15,16)/t9-/m1/s1. The highest BCUT2D eigenvalue weighted by molar-refractivity contribution is 9.10. The van der Waals surface area contributed by atoms with Crippen LogP contribution in [-0.4, -0.2) is 18.6 Å². The summed E-state index contributed by atoms with van der Waals surface area (Å²) in [6, 6.07) is 7.71. The van der Waals surface area contributed by atoms with Gasteiger partial charge in [-0.05, 0) is 47.8 Å². The largest absolute Gasteiger partial charge is 0.488 e. The van der Waals surface area contributed by atoms with Gasteiger partial charge in [0.2, 0.25) is 5.91 Å². The molecule has 0 aliphatic heterocycles. The number of para-hydroxylation sites is 1. The quantitative estimate of drug-likeness (QED) is 0.907. The summed E-state index contributed by atoms with van der Waals surface area (Å²) in [6.45, 7) is 2.50. The van der Waals surface area contributed by atoms with E-state index in [9.17, 15) is 4.79 Å². The number of rotatable bonds is 5. The van der Waals surface area contributed by atoms with Gasteiger partial charge < -0.3 is 10.1 Å². The number of carbonyl (C=O) groups is 1. The minimum absolute atomic E-state index is 0.0311. The van der Waals surface area contributed by atoms with Crippen molar-refractivity contribution in [3.05, 3.63) is 28.7 Å². The highest BCUT2D eigenvalue weighted by Crippen LogP contribution is 2.28. The Morgan fingerprint density at radius 1 is 1.53 bits per heavy atom. The molecule has 1 fully saturated rings.